The predicted molar refractivity (Wildman–Crippen MR) is 122 cm³/mol. The van der Waals surface area contributed by atoms with Gasteiger partial charge in [0.15, 0.2) is 16.6 Å². The zero-order valence-corrected chi connectivity index (χ0v) is 18.1. The molecule has 1 aliphatic carbocycles. The molecule has 0 spiro atoms. The van der Waals surface area contributed by atoms with Gasteiger partial charge in [-0.05, 0) is 37.3 Å². The molecule has 0 bridgehead atoms. The zero-order valence-electron chi connectivity index (χ0n) is 16.5. The molecule has 0 radical (unpaired) electrons. The second-order valence-corrected chi connectivity index (χ2v) is 8.80. The first-order valence-electron chi connectivity index (χ1n) is 10.1. The monoisotopic (exact) mass is 453 g/mol. The van der Waals surface area contributed by atoms with Crippen LogP contribution in [0.25, 0.3) is 22.4 Å². The molecule has 1 aromatic carbocycles. The van der Waals surface area contributed by atoms with E-state index in [1.807, 2.05) is 40.3 Å². The van der Waals surface area contributed by atoms with Gasteiger partial charge in [0.1, 0.15) is 5.52 Å². The molecule has 1 amide bonds. The van der Waals surface area contributed by atoms with E-state index >= 15 is 0 Å². The Morgan fingerprint density at radius 2 is 1.90 bits per heavy atom. The molecule has 0 atom stereocenters. The van der Waals surface area contributed by atoms with Crippen molar-refractivity contribution >= 4 is 51.0 Å². The van der Waals surface area contributed by atoms with Gasteiger partial charge < -0.3 is 15.6 Å². The van der Waals surface area contributed by atoms with Crippen LogP contribution in [0.15, 0.2) is 42.0 Å². The van der Waals surface area contributed by atoms with Crippen molar-refractivity contribution in [1.82, 2.24) is 24.5 Å². The quantitative estimate of drug-likeness (QED) is 0.438. The van der Waals surface area contributed by atoms with Crippen molar-refractivity contribution < 1.29 is 4.79 Å². The molecule has 8 nitrogen and oxygen atoms in total. The molecule has 5 rings (SSSR count). The Morgan fingerprint density at radius 3 is 2.68 bits per heavy atom. The van der Waals surface area contributed by atoms with Crippen LogP contribution in [0, 0.1) is 5.92 Å². The normalized spacial score (nSPS) is 18.9. The number of benzene rings is 1. The molecule has 1 aliphatic rings. The molecule has 0 unspecified atom stereocenters. The number of carbonyl (C=O) groups excluding carboxylic acids is 1. The SMILES string of the molecule is Nc1nc(Cl)nc2c1ncn2[C@H]1CC[C@@H](C(=O)Nc2nc(-c3ccccc3)cs2)CC1. The number of halogens is 1. The lowest BCUT2D eigenvalue weighted by atomic mass is 9.85. The lowest BCUT2D eigenvalue weighted by molar-refractivity contribution is -0.120. The van der Waals surface area contributed by atoms with Gasteiger partial charge in [0.25, 0.3) is 0 Å². The van der Waals surface area contributed by atoms with Crippen molar-refractivity contribution in [3.8, 4) is 11.3 Å². The van der Waals surface area contributed by atoms with E-state index in [2.05, 4.69) is 25.3 Å². The molecule has 0 saturated heterocycles. The third-order valence-electron chi connectivity index (χ3n) is 5.69. The van der Waals surface area contributed by atoms with Crippen LogP contribution < -0.4 is 11.1 Å². The van der Waals surface area contributed by atoms with Gasteiger partial charge in [0.2, 0.25) is 11.2 Å². The first-order valence-corrected chi connectivity index (χ1v) is 11.3. The standard InChI is InChI=1S/C21H20ClN7OS/c22-20-26-17(23)16-18(27-20)29(11-24-16)14-8-6-13(7-9-14)19(30)28-21-25-15(10-31-21)12-4-2-1-3-5-12/h1-5,10-11,13-14H,6-9H2,(H2,23,26,27)(H,25,28,30)/t13-,14+. The van der Waals surface area contributed by atoms with E-state index in [-0.39, 0.29) is 29.0 Å². The molecule has 10 heteroatoms. The second-order valence-electron chi connectivity index (χ2n) is 7.60. The van der Waals surface area contributed by atoms with E-state index < -0.39 is 0 Å². The summed E-state index contributed by atoms with van der Waals surface area (Å²) in [6, 6.07) is 10.1. The molecular weight excluding hydrogens is 434 g/mol. The topological polar surface area (TPSA) is 112 Å². The third-order valence-corrected chi connectivity index (χ3v) is 6.61. The summed E-state index contributed by atoms with van der Waals surface area (Å²) < 4.78 is 2.00. The summed E-state index contributed by atoms with van der Waals surface area (Å²) in [5.74, 6) is 0.260. The summed E-state index contributed by atoms with van der Waals surface area (Å²) in [6.45, 7) is 0. The number of nitrogens with zero attached hydrogens (tertiary/aromatic N) is 5. The average molecular weight is 454 g/mol. The van der Waals surface area contributed by atoms with Gasteiger partial charge in [0.05, 0.1) is 12.0 Å². The third kappa shape index (κ3) is 3.98. The number of imidazole rings is 1. The van der Waals surface area contributed by atoms with Crippen molar-refractivity contribution in [3.63, 3.8) is 0 Å². The predicted octanol–water partition coefficient (Wildman–Crippen LogP) is 4.56. The van der Waals surface area contributed by atoms with E-state index in [0.29, 0.717) is 16.3 Å². The molecular formula is C21H20ClN7OS. The Bertz CT molecular complexity index is 1230. The van der Waals surface area contributed by atoms with Gasteiger partial charge in [-0.1, -0.05) is 30.3 Å². The molecule has 3 heterocycles. The highest BCUT2D eigenvalue weighted by Gasteiger charge is 2.29. The van der Waals surface area contributed by atoms with E-state index in [1.165, 1.54) is 11.3 Å². The van der Waals surface area contributed by atoms with Crippen LogP contribution in [0.1, 0.15) is 31.7 Å². The molecule has 1 saturated carbocycles. The number of anilines is 2. The number of nitrogen functional groups attached to an aromatic ring is 1. The fraction of sp³-hybridized carbons (Fsp3) is 0.286. The van der Waals surface area contributed by atoms with Gasteiger partial charge in [-0.2, -0.15) is 9.97 Å². The van der Waals surface area contributed by atoms with Crippen molar-refractivity contribution in [2.45, 2.75) is 31.7 Å². The highest BCUT2D eigenvalue weighted by molar-refractivity contribution is 7.14. The highest BCUT2D eigenvalue weighted by Crippen LogP contribution is 2.35. The Kier molecular flexibility index (Phi) is 5.29. The largest absolute Gasteiger partial charge is 0.382 e. The number of carbonyl (C=O) groups is 1. The van der Waals surface area contributed by atoms with Crippen LogP contribution in [-0.4, -0.2) is 30.4 Å². The van der Waals surface area contributed by atoms with Crippen LogP contribution in [0.5, 0.6) is 0 Å². The summed E-state index contributed by atoms with van der Waals surface area (Å²) in [6.07, 6.45) is 4.98. The van der Waals surface area contributed by atoms with Gasteiger partial charge in [-0.3, -0.25) is 4.79 Å². The second kappa shape index (κ2) is 8.24. The number of rotatable bonds is 4. The fourth-order valence-electron chi connectivity index (χ4n) is 4.07. The molecule has 4 aromatic rings. The Hall–Kier alpha value is -3.04. The minimum Gasteiger partial charge on any atom is -0.382 e. The highest BCUT2D eigenvalue weighted by atomic mass is 35.5. The van der Waals surface area contributed by atoms with E-state index in [0.717, 1.165) is 36.9 Å². The van der Waals surface area contributed by atoms with E-state index in [1.54, 1.807) is 6.33 Å². The van der Waals surface area contributed by atoms with Crippen LogP contribution in [0.2, 0.25) is 5.28 Å². The Balaban J connectivity index is 1.23. The van der Waals surface area contributed by atoms with Crippen LogP contribution in [0.4, 0.5) is 10.9 Å². The number of amides is 1. The van der Waals surface area contributed by atoms with Crippen molar-refractivity contribution in [2.75, 3.05) is 11.1 Å². The lowest BCUT2D eigenvalue weighted by Gasteiger charge is -2.28. The molecule has 0 aliphatic heterocycles. The lowest BCUT2D eigenvalue weighted by Crippen LogP contribution is -2.28. The van der Waals surface area contributed by atoms with Gasteiger partial charge >= 0.3 is 0 Å². The molecule has 1 fully saturated rings. The number of thiazole rings is 1. The summed E-state index contributed by atoms with van der Waals surface area (Å²) in [5.41, 5.74) is 9.01. The summed E-state index contributed by atoms with van der Waals surface area (Å²) >= 11 is 7.42. The first-order chi connectivity index (χ1) is 15.1. The zero-order chi connectivity index (χ0) is 21.4. The summed E-state index contributed by atoms with van der Waals surface area (Å²) in [7, 11) is 0. The molecule has 3 aromatic heterocycles. The van der Waals surface area contributed by atoms with Gasteiger partial charge in [0, 0.05) is 22.9 Å². The van der Waals surface area contributed by atoms with Gasteiger partial charge in [-0.25, -0.2) is 9.97 Å². The number of nitrogens with one attached hydrogen (secondary N) is 1. The molecule has 31 heavy (non-hydrogen) atoms. The summed E-state index contributed by atoms with van der Waals surface area (Å²) in [5, 5.41) is 5.70. The molecule has 158 valence electrons. The van der Waals surface area contributed by atoms with E-state index in [9.17, 15) is 4.79 Å². The number of nitrogens with two attached hydrogens (primary N) is 1. The van der Waals surface area contributed by atoms with Crippen molar-refractivity contribution in [1.29, 1.82) is 0 Å². The maximum Gasteiger partial charge on any atom is 0.229 e. The number of hydrogen-bond donors (Lipinski definition) is 2. The number of fused-ring (bicyclic) bond motifs is 1. The van der Waals surface area contributed by atoms with Gasteiger partial charge in [-0.15, -0.1) is 11.3 Å². The Labute approximate surface area is 187 Å². The van der Waals surface area contributed by atoms with Crippen molar-refractivity contribution in [3.05, 3.63) is 47.3 Å². The van der Waals surface area contributed by atoms with Crippen LogP contribution >= 0.6 is 22.9 Å². The van der Waals surface area contributed by atoms with Crippen LogP contribution in [-0.2, 0) is 4.79 Å². The van der Waals surface area contributed by atoms with Crippen LogP contribution in [0.3, 0.4) is 0 Å². The number of hydrogen-bond acceptors (Lipinski definition) is 7. The maximum absolute atomic E-state index is 12.8. The number of aromatic nitrogens is 5. The summed E-state index contributed by atoms with van der Waals surface area (Å²) in [4.78, 5) is 29.9. The minimum absolute atomic E-state index is 0.0255. The maximum atomic E-state index is 12.8. The fourth-order valence-corrected chi connectivity index (χ4v) is 4.97. The average Bonchev–Trinajstić information content (AvgIpc) is 3.42. The smallest absolute Gasteiger partial charge is 0.229 e. The van der Waals surface area contributed by atoms with E-state index in [4.69, 9.17) is 17.3 Å². The minimum atomic E-state index is -0.0432. The Morgan fingerprint density at radius 1 is 1.13 bits per heavy atom. The molecule has 3 N–H and O–H groups in total. The van der Waals surface area contributed by atoms with Crippen molar-refractivity contribution in [2.24, 2.45) is 5.92 Å². The first kappa shape index (κ1) is 19.9.